The van der Waals surface area contributed by atoms with E-state index in [-0.39, 0.29) is 11.8 Å². The summed E-state index contributed by atoms with van der Waals surface area (Å²) in [4.78, 5) is 24.3. The van der Waals surface area contributed by atoms with Crippen LogP contribution < -0.4 is 5.32 Å². The Morgan fingerprint density at radius 1 is 1.37 bits per heavy atom. The lowest BCUT2D eigenvalue weighted by atomic mass is 9.91. The van der Waals surface area contributed by atoms with Gasteiger partial charge in [0, 0.05) is 25.4 Å². The van der Waals surface area contributed by atoms with Crippen molar-refractivity contribution in [3.05, 3.63) is 0 Å². The molecule has 0 aromatic heterocycles. The molecule has 104 valence electrons. The molecular weight excluding hydrogens is 242 g/mol. The third-order valence-electron chi connectivity index (χ3n) is 4.02. The van der Waals surface area contributed by atoms with Crippen molar-refractivity contribution in [2.24, 2.45) is 0 Å². The molecule has 2 amide bonds. The minimum Gasteiger partial charge on any atom is -0.297 e. The quantitative estimate of drug-likeness (QED) is 0.703. The summed E-state index contributed by atoms with van der Waals surface area (Å²) in [5.41, 5.74) is -0.493. The number of likely N-dealkylation sites (tertiary alicyclic amines) is 1. The van der Waals surface area contributed by atoms with Crippen molar-refractivity contribution >= 4 is 11.8 Å². The molecule has 1 unspecified atom stereocenters. The Morgan fingerprint density at radius 2 is 2.00 bits per heavy atom. The lowest BCUT2D eigenvalue weighted by molar-refractivity contribution is -0.138. The molecule has 5 nitrogen and oxygen atoms in total. The van der Waals surface area contributed by atoms with E-state index in [1.807, 2.05) is 6.92 Å². The van der Waals surface area contributed by atoms with Crippen LogP contribution >= 0.6 is 0 Å². The monoisotopic (exact) mass is 263 g/mol. The van der Waals surface area contributed by atoms with E-state index in [4.69, 9.17) is 0 Å². The van der Waals surface area contributed by atoms with Crippen molar-refractivity contribution in [2.45, 2.75) is 63.5 Å². The summed E-state index contributed by atoms with van der Waals surface area (Å²) < 4.78 is 0. The van der Waals surface area contributed by atoms with E-state index in [0.29, 0.717) is 38.3 Å². The van der Waals surface area contributed by atoms with E-state index >= 15 is 0 Å². The smallest absolute Gasteiger partial charge is 0.229 e. The van der Waals surface area contributed by atoms with Gasteiger partial charge in [-0.1, -0.05) is 6.92 Å². The molecule has 1 N–H and O–H groups in total. The number of amides is 2. The molecule has 0 aromatic carbocycles. The van der Waals surface area contributed by atoms with Crippen molar-refractivity contribution in [2.75, 3.05) is 6.54 Å². The minimum absolute atomic E-state index is 0.0702. The molecule has 1 heterocycles. The summed E-state index contributed by atoms with van der Waals surface area (Å²) in [5.74, 6) is -0.140. The van der Waals surface area contributed by atoms with Crippen LogP contribution in [0.1, 0.15) is 51.9 Å². The Kier molecular flexibility index (Phi) is 4.20. The summed E-state index contributed by atoms with van der Waals surface area (Å²) in [6.07, 6.45) is 5.11. The Morgan fingerprint density at radius 3 is 2.47 bits per heavy atom. The highest BCUT2D eigenvalue weighted by molar-refractivity contribution is 6.01. The van der Waals surface area contributed by atoms with E-state index in [1.54, 1.807) is 0 Å². The molecule has 1 aliphatic carbocycles. The maximum Gasteiger partial charge on any atom is 0.229 e. The van der Waals surface area contributed by atoms with Crippen LogP contribution in [-0.2, 0) is 9.59 Å². The molecule has 0 spiro atoms. The maximum absolute atomic E-state index is 11.5. The molecule has 2 fully saturated rings. The van der Waals surface area contributed by atoms with Gasteiger partial charge in [-0.25, -0.2) is 0 Å². The van der Waals surface area contributed by atoms with E-state index in [2.05, 4.69) is 11.4 Å². The number of hydrogen-bond acceptors (Lipinski definition) is 4. The van der Waals surface area contributed by atoms with Crippen LogP contribution in [0.25, 0.3) is 0 Å². The highest BCUT2D eigenvalue weighted by Gasteiger charge is 2.35. The van der Waals surface area contributed by atoms with E-state index in [9.17, 15) is 14.9 Å². The zero-order valence-corrected chi connectivity index (χ0v) is 11.4. The highest BCUT2D eigenvalue weighted by Crippen LogP contribution is 2.27. The van der Waals surface area contributed by atoms with Crippen LogP contribution in [0.2, 0.25) is 0 Å². The van der Waals surface area contributed by atoms with Gasteiger partial charge in [-0.2, -0.15) is 5.26 Å². The number of nitriles is 1. The van der Waals surface area contributed by atoms with Crippen LogP contribution in [0.15, 0.2) is 0 Å². The van der Waals surface area contributed by atoms with Gasteiger partial charge in [0.25, 0.3) is 0 Å². The summed E-state index contributed by atoms with van der Waals surface area (Å²) in [5, 5.41) is 12.8. The number of nitrogens with one attached hydrogen (secondary N) is 1. The van der Waals surface area contributed by atoms with Crippen molar-refractivity contribution in [1.82, 2.24) is 10.2 Å². The largest absolute Gasteiger partial charge is 0.297 e. The number of carbonyl (C=O) groups is 2. The molecule has 5 heteroatoms. The molecule has 1 aliphatic heterocycles. The fraction of sp³-hybridized carbons (Fsp3) is 0.786. The predicted molar refractivity (Wildman–Crippen MR) is 70.0 cm³/mol. The molecule has 19 heavy (non-hydrogen) atoms. The van der Waals surface area contributed by atoms with E-state index in [1.165, 1.54) is 4.90 Å². The molecule has 0 aromatic rings. The Balaban J connectivity index is 1.83. The zero-order chi connectivity index (χ0) is 13.9. The first-order valence-electron chi connectivity index (χ1n) is 7.12. The summed E-state index contributed by atoms with van der Waals surface area (Å²) in [6.45, 7) is 2.46. The van der Waals surface area contributed by atoms with Gasteiger partial charge in [0.15, 0.2) is 0 Å². The molecule has 1 saturated heterocycles. The standard InChI is InChI=1S/C14H21N3O2/c1-2-14(10-15,16-11-4-5-11)8-3-9-17-12(18)6-7-13(17)19/h11,16H,2-9H2,1H3. The number of hydrogen-bond donors (Lipinski definition) is 1. The van der Waals surface area contributed by atoms with E-state index in [0.717, 1.165) is 19.3 Å². The van der Waals surface area contributed by atoms with Gasteiger partial charge in [0.2, 0.25) is 11.8 Å². The van der Waals surface area contributed by atoms with Crippen LogP contribution in [-0.4, -0.2) is 34.8 Å². The average molecular weight is 263 g/mol. The molecule has 1 saturated carbocycles. The molecule has 1 atom stereocenters. The molecular formula is C14H21N3O2. The van der Waals surface area contributed by atoms with Crippen LogP contribution in [0.3, 0.4) is 0 Å². The third-order valence-corrected chi connectivity index (χ3v) is 4.02. The summed E-state index contributed by atoms with van der Waals surface area (Å²) in [6, 6.07) is 2.87. The van der Waals surface area contributed by atoms with Gasteiger partial charge in [-0.3, -0.25) is 19.8 Å². The molecule has 0 radical (unpaired) electrons. The van der Waals surface area contributed by atoms with Crippen LogP contribution in [0.5, 0.6) is 0 Å². The average Bonchev–Trinajstić information content (AvgIpc) is 3.17. The number of imide groups is 1. The van der Waals surface area contributed by atoms with Gasteiger partial charge in [-0.15, -0.1) is 0 Å². The summed E-state index contributed by atoms with van der Waals surface area (Å²) >= 11 is 0. The SMILES string of the molecule is CCC(C#N)(CCCN1C(=O)CCC1=O)NC1CC1. The van der Waals surface area contributed by atoms with Gasteiger partial charge in [0.1, 0.15) is 5.54 Å². The fourth-order valence-corrected chi connectivity index (χ4v) is 2.55. The normalized spacial score (nSPS) is 22.4. The lowest BCUT2D eigenvalue weighted by Gasteiger charge is -2.27. The number of carbonyl (C=O) groups excluding carboxylic acids is 2. The second-order valence-electron chi connectivity index (χ2n) is 5.51. The Hall–Kier alpha value is -1.41. The second-order valence-corrected chi connectivity index (χ2v) is 5.51. The van der Waals surface area contributed by atoms with Gasteiger partial charge in [0.05, 0.1) is 6.07 Å². The molecule has 2 aliphatic rings. The van der Waals surface area contributed by atoms with Crippen molar-refractivity contribution in [3.8, 4) is 6.07 Å². The second kappa shape index (κ2) is 5.70. The van der Waals surface area contributed by atoms with Crippen molar-refractivity contribution < 1.29 is 9.59 Å². The minimum atomic E-state index is -0.493. The van der Waals surface area contributed by atoms with Crippen LogP contribution in [0, 0.1) is 11.3 Å². The highest BCUT2D eigenvalue weighted by atomic mass is 16.2. The summed E-state index contributed by atoms with van der Waals surface area (Å²) in [7, 11) is 0. The van der Waals surface area contributed by atoms with Crippen molar-refractivity contribution in [1.29, 1.82) is 5.26 Å². The third kappa shape index (κ3) is 3.32. The molecule has 0 bridgehead atoms. The number of rotatable bonds is 7. The molecule has 2 rings (SSSR count). The van der Waals surface area contributed by atoms with Gasteiger partial charge < -0.3 is 0 Å². The zero-order valence-electron chi connectivity index (χ0n) is 11.4. The van der Waals surface area contributed by atoms with E-state index < -0.39 is 5.54 Å². The van der Waals surface area contributed by atoms with Crippen molar-refractivity contribution in [3.63, 3.8) is 0 Å². The fourth-order valence-electron chi connectivity index (χ4n) is 2.55. The predicted octanol–water partition coefficient (Wildman–Crippen LogP) is 1.34. The number of nitrogens with zero attached hydrogens (tertiary/aromatic N) is 2. The van der Waals surface area contributed by atoms with Crippen LogP contribution in [0.4, 0.5) is 0 Å². The first kappa shape index (κ1) is 14.0. The van der Waals surface area contributed by atoms with Gasteiger partial charge in [-0.05, 0) is 32.1 Å². The first-order valence-corrected chi connectivity index (χ1v) is 7.12. The first-order chi connectivity index (χ1) is 9.10. The Bertz CT molecular complexity index is 395. The van der Waals surface area contributed by atoms with Gasteiger partial charge >= 0.3 is 0 Å². The lowest BCUT2D eigenvalue weighted by Crippen LogP contribution is -2.45. The maximum atomic E-state index is 11.5. The Labute approximate surface area is 113 Å². The topological polar surface area (TPSA) is 73.2 Å².